The molecule has 16 heavy (non-hydrogen) atoms. The second-order valence-electron chi connectivity index (χ2n) is 3.89. The van der Waals surface area contributed by atoms with Crippen LogP contribution in [-0.4, -0.2) is 10.1 Å². The van der Waals surface area contributed by atoms with Crippen LogP contribution in [0.1, 0.15) is 32.1 Å². The Labute approximate surface area is 94.5 Å². The van der Waals surface area contributed by atoms with Crippen LogP contribution in [0.5, 0.6) is 0 Å². The predicted molar refractivity (Wildman–Crippen MR) is 62.9 cm³/mol. The molecule has 0 saturated carbocycles. The Bertz CT molecular complexity index is 479. The van der Waals surface area contributed by atoms with Crippen LogP contribution in [0.3, 0.4) is 0 Å². The molecular formula is C12H15N3O. The lowest BCUT2D eigenvalue weighted by Gasteiger charge is -1.98. The van der Waals surface area contributed by atoms with E-state index in [1.165, 1.54) is 0 Å². The summed E-state index contributed by atoms with van der Waals surface area (Å²) in [7, 11) is 0. The molecule has 0 fully saturated rings. The number of nitrogen functional groups attached to an aromatic ring is 1. The zero-order valence-corrected chi connectivity index (χ0v) is 9.47. The van der Waals surface area contributed by atoms with Gasteiger partial charge in [-0.25, -0.2) is 0 Å². The van der Waals surface area contributed by atoms with Crippen molar-refractivity contribution < 1.29 is 4.52 Å². The van der Waals surface area contributed by atoms with E-state index in [4.69, 9.17) is 10.3 Å². The number of hydrogen-bond acceptors (Lipinski definition) is 4. The number of hydrogen-bond donors (Lipinski definition) is 1. The molecule has 4 nitrogen and oxygen atoms in total. The number of benzene rings is 1. The summed E-state index contributed by atoms with van der Waals surface area (Å²) >= 11 is 0. The van der Waals surface area contributed by atoms with Crippen molar-refractivity contribution in [2.75, 3.05) is 5.73 Å². The van der Waals surface area contributed by atoms with Gasteiger partial charge in [0, 0.05) is 17.2 Å². The molecule has 2 rings (SSSR count). The minimum Gasteiger partial charge on any atom is -0.399 e. The Morgan fingerprint density at radius 3 is 2.94 bits per heavy atom. The predicted octanol–water partition coefficient (Wildman–Crippen LogP) is 2.83. The first kappa shape index (κ1) is 10.7. The Kier molecular flexibility index (Phi) is 2.90. The van der Waals surface area contributed by atoms with E-state index in [0.29, 0.717) is 23.3 Å². The summed E-state index contributed by atoms with van der Waals surface area (Å²) in [5.41, 5.74) is 7.29. The molecule has 4 heteroatoms. The van der Waals surface area contributed by atoms with E-state index in [0.717, 1.165) is 12.0 Å². The lowest BCUT2D eigenvalue weighted by molar-refractivity contribution is 0.357. The highest BCUT2D eigenvalue weighted by Crippen LogP contribution is 2.22. The van der Waals surface area contributed by atoms with Crippen LogP contribution in [0.15, 0.2) is 28.8 Å². The maximum Gasteiger partial charge on any atom is 0.229 e. The second-order valence-corrected chi connectivity index (χ2v) is 3.89. The number of nitrogens with two attached hydrogens (primary N) is 1. The molecule has 0 bridgehead atoms. The number of rotatable bonds is 3. The van der Waals surface area contributed by atoms with Crippen LogP contribution in [0.2, 0.25) is 0 Å². The third-order valence-corrected chi connectivity index (χ3v) is 2.62. The molecule has 0 aliphatic rings. The Morgan fingerprint density at radius 1 is 1.44 bits per heavy atom. The lowest BCUT2D eigenvalue weighted by atomic mass is 10.1. The Balaban J connectivity index is 2.31. The van der Waals surface area contributed by atoms with Crippen molar-refractivity contribution in [1.29, 1.82) is 0 Å². The summed E-state index contributed by atoms with van der Waals surface area (Å²) in [6.45, 7) is 4.16. The minimum atomic E-state index is 0.294. The summed E-state index contributed by atoms with van der Waals surface area (Å²) in [5.74, 6) is 1.57. The zero-order valence-electron chi connectivity index (χ0n) is 9.47. The second kappa shape index (κ2) is 4.35. The quantitative estimate of drug-likeness (QED) is 0.803. The van der Waals surface area contributed by atoms with E-state index >= 15 is 0 Å². The molecule has 2 aromatic rings. The van der Waals surface area contributed by atoms with Crippen LogP contribution in [-0.2, 0) is 0 Å². The van der Waals surface area contributed by atoms with Crippen molar-refractivity contribution in [2.24, 2.45) is 0 Å². The molecule has 2 N–H and O–H groups in total. The van der Waals surface area contributed by atoms with Crippen molar-refractivity contribution in [3.63, 3.8) is 0 Å². The van der Waals surface area contributed by atoms with Gasteiger partial charge in [-0.15, -0.1) is 0 Å². The molecule has 84 valence electrons. The molecule has 0 amide bonds. The largest absolute Gasteiger partial charge is 0.399 e. The molecule has 1 aromatic heterocycles. The van der Waals surface area contributed by atoms with E-state index in [1.807, 2.05) is 24.3 Å². The molecule has 1 heterocycles. The lowest BCUT2D eigenvalue weighted by Crippen LogP contribution is -1.91. The van der Waals surface area contributed by atoms with Gasteiger partial charge in [0.15, 0.2) is 0 Å². The van der Waals surface area contributed by atoms with E-state index in [1.54, 1.807) is 0 Å². The van der Waals surface area contributed by atoms with Gasteiger partial charge in [-0.1, -0.05) is 31.1 Å². The average molecular weight is 217 g/mol. The molecule has 1 atom stereocenters. The van der Waals surface area contributed by atoms with Gasteiger partial charge in [-0.2, -0.15) is 4.98 Å². The zero-order chi connectivity index (χ0) is 11.5. The molecule has 0 aliphatic heterocycles. The van der Waals surface area contributed by atoms with Crippen molar-refractivity contribution >= 4 is 5.69 Å². The molecular weight excluding hydrogens is 202 g/mol. The normalized spacial score (nSPS) is 12.6. The fourth-order valence-corrected chi connectivity index (χ4v) is 1.41. The highest BCUT2D eigenvalue weighted by Gasteiger charge is 2.13. The summed E-state index contributed by atoms with van der Waals surface area (Å²) in [6, 6.07) is 7.47. The first-order chi connectivity index (χ1) is 7.70. The summed E-state index contributed by atoms with van der Waals surface area (Å²) in [6.07, 6.45) is 0.985. The van der Waals surface area contributed by atoms with E-state index < -0.39 is 0 Å². The van der Waals surface area contributed by atoms with E-state index in [9.17, 15) is 0 Å². The van der Waals surface area contributed by atoms with Crippen molar-refractivity contribution in [2.45, 2.75) is 26.2 Å². The number of aromatic nitrogens is 2. The van der Waals surface area contributed by atoms with E-state index in [2.05, 4.69) is 24.0 Å². The van der Waals surface area contributed by atoms with Gasteiger partial charge in [0.05, 0.1) is 0 Å². The third kappa shape index (κ3) is 2.05. The molecule has 1 unspecified atom stereocenters. The van der Waals surface area contributed by atoms with Gasteiger partial charge in [-0.3, -0.25) is 0 Å². The van der Waals surface area contributed by atoms with Crippen LogP contribution in [0, 0.1) is 0 Å². The standard InChI is InChI=1S/C12H15N3O/c1-3-8(2)12-14-11(15-16-12)9-5-4-6-10(13)7-9/h4-8H,3,13H2,1-2H3. The number of anilines is 1. The van der Waals surface area contributed by atoms with Crippen LogP contribution >= 0.6 is 0 Å². The topological polar surface area (TPSA) is 64.9 Å². The maximum absolute atomic E-state index is 5.70. The average Bonchev–Trinajstić information content (AvgIpc) is 2.77. The molecule has 0 saturated heterocycles. The highest BCUT2D eigenvalue weighted by molar-refractivity contribution is 5.60. The van der Waals surface area contributed by atoms with Gasteiger partial charge in [0.2, 0.25) is 11.7 Å². The highest BCUT2D eigenvalue weighted by atomic mass is 16.5. The summed E-state index contributed by atoms with van der Waals surface area (Å²) in [4.78, 5) is 4.36. The maximum atomic E-state index is 5.70. The molecule has 0 spiro atoms. The van der Waals surface area contributed by atoms with Crippen LogP contribution < -0.4 is 5.73 Å². The fourth-order valence-electron chi connectivity index (χ4n) is 1.41. The smallest absolute Gasteiger partial charge is 0.229 e. The molecule has 0 radical (unpaired) electrons. The van der Waals surface area contributed by atoms with Gasteiger partial charge in [0.1, 0.15) is 0 Å². The van der Waals surface area contributed by atoms with E-state index in [-0.39, 0.29) is 0 Å². The first-order valence-corrected chi connectivity index (χ1v) is 5.40. The van der Waals surface area contributed by atoms with Crippen molar-refractivity contribution in [3.8, 4) is 11.4 Å². The van der Waals surface area contributed by atoms with Crippen LogP contribution in [0.25, 0.3) is 11.4 Å². The Hall–Kier alpha value is -1.84. The monoisotopic (exact) mass is 217 g/mol. The minimum absolute atomic E-state index is 0.294. The van der Waals surface area contributed by atoms with Gasteiger partial charge >= 0.3 is 0 Å². The fraction of sp³-hybridized carbons (Fsp3) is 0.333. The Morgan fingerprint density at radius 2 is 2.25 bits per heavy atom. The number of nitrogens with zero attached hydrogens (tertiary/aromatic N) is 2. The van der Waals surface area contributed by atoms with Crippen molar-refractivity contribution in [1.82, 2.24) is 10.1 Å². The summed E-state index contributed by atoms with van der Waals surface area (Å²) < 4.78 is 5.21. The SMILES string of the molecule is CCC(C)c1nc(-c2cccc(N)c2)no1. The molecule has 1 aromatic carbocycles. The van der Waals surface area contributed by atoms with Crippen molar-refractivity contribution in [3.05, 3.63) is 30.2 Å². The van der Waals surface area contributed by atoms with Gasteiger partial charge < -0.3 is 10.3 Å². The van der Waals surface area contributed by atoms with Gasteiger partial charge in [0.25, 0.3) is 0 Å². The molecule has 0 aliphatic carbocycles. The third-order valence-electron chi connectivity index (χ3n) is 2.62. The van der Waals surface area contributed by atoms with Gasteiger partial charge in [-0.05, 0) is 18.6 Å². The van der Waals surface area contributed by atoms with Crippen LogP contribution in [0.4, 0.5) is 5.69 Å². The first-order valence-electron chi connectivity index (χ1n) is 5.40. The summed E-state index contributed by atoms with van der Waals surface area (Å²) in [5, 5.41) is 3.95.